The zero-order valence-electron chi connectivity index (χ0n) is 17.2. The van der Waals surface area contributed by atoms with E-state index in [-0.39, 0.29) is 40.7 Å². The lowest BCUT2D eigenvalue weighted by Gasteiger charge is -2.29. The van der Waals surface area contributed by atoms with Gasteiger partial charge in [-0.25, -0.2) is 13.4 Å². The van der Waals surface area contributed by atoms with Gasteiger partial charge in [-0.2, -0.15) is 0 Å². The van der Waals surface area contributed by atoms with Gasteiger partial charge in [-0.1, -0.05) is 12.1 Å². The summed E-state index contributed by atoms with van der Waals surface area (Å²) in [7, 11) is 1.05. The molecule has 9 nitrogen and oxygen atoms in total. The first-order chi connectivity index (χ1) is 14.2. The van der Waals surface area contributed by atoms with Crippen molar-refractivity contribution in [2.45, 2.75) is 17.7 Å². The topological polar surface area (TPSA) is 109 Å². The molecule has 12 heteroatoms. The van der Waals surface area contributed by atoms with E-state index in [0.29, 0.717) is 18.1 Å². The summed E-state index contributed by atoms with van der Waals surface area (Å²) in [5, 5.41) is 4.53. The maximum absolute atomic E-state index is 13.0. The average molecular weight is 487 g/mol. The highest BCUT2D eigenvalue weighted by molar-refractivity contribution is 7.89. The molecule has 0 fully saturated rings. The minimum Gasteiger partial charge on any atom is -0.423 e. The van der Waals surface area contributed by atoms with E-state index in [4.69, 9.17) is 4.74 Å². The molecule has 1 aliphatic heterocycles. The summed E-state index contributed by atoms with van der Waals surface area (Å²) in [6, 6.07) is 6.12. The normalized spacial score (nSPS) is 14.6. The number of thiazole rings is 1. The first-order valence-electron chi connectivity index (χ1n) is 9.10. The fourth-order valence-electron chi connectivity index (χ4n) is 2.91. The lowest BCUT2D eigenvalue weighted by molar-refractivity contribution is -0.137. The number of rotatable bonds is 7. The van der Waals surface area contributed by atoms with Crippen LogP contribution < -0.4 is 5.32 Å². The minimum absolute atomic E-state index is 0. The lowest BCUT2D eigenvalue weighted by atomic mass is 10.1. The van der Waals surface area contributed by atoms with Crippen LogP contribution in [0.2, 0.25) is 0 Å². The van der Waals surface area contributed by atoms with Crippen molar-refractivity contribution in [3.63, 3.8) is 0 Å². The van der Waals surface area contributed by atoms with Crippen molar-refractivity contribution in [1.82, 2.24) is 14.2 Å². The third-order valence-electron chi connectivity index (χ3n) is 4.37. The van der Waals surface area contributed by atoms with E-state index in [2.05, 4.69) is 10.3 Å². The number of nitrogens with one attached hydrogen (secondary N) is 1. The van der Waals surface area contributed by atoms with E-state index in [1.807, 2.05) is 19.0 Å². The van der Waals surface area contributed by atoms with Gasteiger partial charge >= 0.3 is 5.97 Å². The summed E-state index contributed by atoms with van der Waals surface area (Å²) in [4.78, 5) is 31.3. The Balaban J connectivity index is 0.00000341. The van der Waals surface area contributed by atoms with Crippen LogP contribution in [0.4, 0.5) is 5.13 Å². The molecule has 0 radical (unpaired) electrons. The minimum atomic E-state index is -3.99. The molecule has 1 aromatic heterocycles. The Bertz CT molecular complexity index is 1080. The average Bonchev–Trinajstić information content (AvgIpc) is 3.19. The first-order valence-corrected chi connectivity index (χ1v) is 11.4. The molecule has 3 rings (SSSR count). The third kappa shape index (κ3) is 5.42. The maximum atomic E-state index is 13.0. The van der Waals surface area contributed by atoms with Crippen molar-refractivity contribution >= 4 is 56.5 Å². The van der Waals surface area contributed by atoms with Crippen molar-refractivity contribution in [3.05, 3.63) is 47.1 Å². The van der Waals surface area contributed by atoms with Crippen molar-refractivity contribution in [1.29, 1.82) is 0 Å². The van der Waals surface area contributed by atoms with Crippen LogP contribution in [0.25, 0.3) is 5.76 Å². The molecule has 0 saturated heterocycles. The highest BCUT2D eigenvalue weighted by Gasteiger charge is 2.39. The van der Waals surface area contributed by atoms with Gasteiger partial charge in [-0.15, -0.1) is 23.7 Å². The maximum Gasteiger partial charge on any atom is 0.311 e. The lowest BCUT2D eigenvalue weighted by Crippen LogP contribution is -2.38. The fourth-order valence-corrected chi connectivity index (χ4v) is 4.83. The van der Waals surface area contributed by atoms with Gasteiger partial charge in [-0.05, 0) is 39.2 Å². The van der Waals surface area contributed by atoms with Crippen LogP contribution in [0.15, 0.2) is 46.4 Å². The van der Waals surface area contributed by atoms with Crippen LogP contribution in [-0.2, 0) is 24.3 Å². The standard InChI is InChI=1S/C19H22N4O5S2.ClH/c1-22(2)11-6-9-15(24)28-17-13-7-4-5-8-14(13)30(26,27)23(3)16(17)18(25)21-19-20-10-12-29-19;/h4-5,7-8,10,12H,6,9,11H2,1-3H3,(H,20,21,25);1H. The number of anilines is 1. The van der Waals surface area contributed by atoms with Gasteiger partial charge < -0.3 is 9.64 Å². The van der Waals surface area contributed by atoms with Crippen LogP contribution in [0.5, 0.6) is 0 Å². The SMILES string of the molecule is CN(C)CCCC(=O)OC1=C(C(=O)Nc2nccs2)N(C)S(=O)(=O)c2ccccc21.Cl. The number of ether oxygens (including phenoxy) is 1. The summed E-state index contributed by atoms with van der Waals surface area (Å²) >= 11 is 1.18. The Morgan fingerprint density at radius 3 is 2.61 bits per heavy atom. The number of benzene rings is 1. The molecule has 1 aromatic carbocycles. The van der Waals surface area contributed by atoms with Gasteiger partial charge in [0, 0.05) is 30.6 Å². The molecule has 1 amide bonds. The van der Waals surface area contributed by atoms with E-state index >= 15 is 0 Å². The summed E-state index contributed by atoms with van der Waals surface area (Å²) in [6.45, 7) is 0.691. The number of likely N-dealkylation sites (N-methyl/N-ethyl adjacent to an activating group) is 1. The Morgan fingerprint density at radius 1 is 1.26 bits per heavy atom. The molecule has 168 valence electrons. The number of amides is 1. The molecule has 2 aromatic rings. The number of hydrogen-bond donors (Lipinski definition) is 1. The zero-order valence-corrected chi connectivity index (χ0v) is 19.6. The number of carbonyl (C=O) groups is 2. The van der Waals surface area contributed by atoms with E-state index in [0.717, 1.165) is 4.31 Å². The second-order valence-electron chi connectivity index (χ2n) is 6.82. The molecule has 0 unspecified atom stereocenters. The molecular weight excluding hydrogens is 464 g/mol. The molecular formula is C19H23ClN4O5S2. The number of fused-ring (bicyclic) bond motifs is 1. The predicted molar refractivity (Wildman–Crippen MR) is 120 cm³/mol. The highest BCUT2D eigenvalue weighted by Crippen LogP contribution is 2.37. The Kier molecular flexibility index (Phi) is 8.18. The molecule has 0 atom stereocenters. The third-order valence-corrected chi connectivity index (χ3v) is 6.87. The molecule has 1 N–H and O–H groups in total. The molecule has 31 heavy (non-hydrogen) atoms. The molecule has 2 heterocycles. The van der Waals surface area contributed by atoms with Gasteiger partial charge in [-0.3, -0.25) is 19.2 Å². The second-order valence-corrected chi connectivity index (χ2v) is 9.65. The number of aromatic nitrogens is 1. The van der Waals surface area contributed by atoms with E-state index in [9.17, 15) is 18.0 Å². The van der Waals surface area contributed by atoms with Crippen LogP contribution in [0.1, 0.15) is 18.4 Å². The first kappa shape index (κ1) is 24.8. The number of halogens is 1. The molecule has 0 bridgehead atoms. The second kappa shape index (κ2) is 10.2. The van der Waals surface area contributed by atoms with E-state index < -0.39 is 21.9 Å². The Hall–Kier alpha value is -2.47. The van der Waals surface area contributed by atoms with Crippen LogP contribution in [0, 0.1) is 0 Å². The zero-order chi connectivity index (χ0) is 21.9. The predicted octanol–water partition coefficient (Wildman–Crippen LogP) is 2.39. The van der Waals surface area contributed by atoms with E-state index in [1.54, 1.807) is 17.5 Å². The Morgan fingerprint density at radius 2 is 1.97 bits per heavy atom. The Labute approximate surface area is 191 Å². The quantitative estimate of drug-likeness (QED) is 0.598. The highest BCUT2D eigenvalue weighted by atomic mass is 35.5. The van der Waals surface area contributed by atoms with E-state index in [1.165, 1.54) is 36.7 Å². The molecule has 0 spiro atoms. The number of hydrogen-bond acceptors (Lipinski definition) is 8. The van der Waals surface area contributed by atoms with Crippen molar-refractivity contribution in [2.75, 3.05) is 33.0 Å². The van der Waals surface area contributed by atoms with Crippen molar-refractivity contribution in [3.8, 4) is 0 Å². The monoisotopic (exact) mass is 486 g/mol. The number of esters is 1. The molecule has 0 aliphatic carbocycles. The van der Waals surface area contributed by atoms with Crippen molar-refractivity contribution < 1.29 is 22.7 Å². The largest absolute Gasteiger partial charge is 0.423 e. The summed E-state index contributed by atoms with van der Waals surface area (Å²) in [6.07, 6.45) is 2.20. The number of sulfonamides is 1. The summed E-state index contributed by atoms with van der Waals surface area (Å²) in [5.74, 6) is -1.37. The number of nitrogens with zero attached hydrogens (tertiary/aromatic N) is 3. The summed E-state index contributed by atoms with van der Waals surface area (Å²) in [5.41, 5.74) is -0.106. The molecule has 1 aliphatic rings. The smallest absolute Gasteiger partial charge is 0.311 e. The van der Waals surface area contributed by atoms with Gasteiger partial charge in [0.05, 0.1) is 4.90 Å². The van der Waals surface area contributed by atoms with Crippen molar-refractivity contribution in [2.24, 2.45) is 0 Å². The molecule has 0 saturated carbocycles. The van der Waals surface area contributed by atoms with Gasteiger partial charge in [0.15, 0.2) is 16.6 Å². The van der Waals surface area contributed by atoms with Crippen LogP contribution in [0.3, 0.4) is 0 Å². The van der Waals surface area contributed by atoms with Gasteiger partial charge in [0.1, 0.15) is 0 Å². The summed E-state index contributed by atoms with van der Waals surface area (Å²) < 4.78 is 32.3. The van der Waals surface area contributed by atoms with Gasteiger partial charge in [0.2, 0.25) is 0 Å². The fraction of sp³-hybridized carbons (Fsp3) is 0.316. The van der Waals surface area contributed by atoms with Crippen LogP contribution >= 0.6 is 23.7 Å². The number of carbonyl (C=O) groups excluding carboxylic acids is 2. The van der Waals surface area contributed by atoms with Gasteiger partial charge in [0.25, 0.3) is 15.9 Å². The van der Waals surface area contributed by atoms with Crippen LogP contribution in [-0.4, -0.2) is 62.2 Å².